The Hall–Kier alpha value is -3.02. The van der Waals surface area contributed by atoms with Crippen molar-refractivity contribution in [3.63, 3.8) is 0 Å². The summed E-state index contributed by atoms with van der Waals surface area (Å²) in [6.45, 7) is 6.20. The van der Waals surface area contributed by atoms with Crippen LogP contribution in [0.15, 0.2) is 36.4 Å². The van der Waals surface area contributed by atoms with Gasteiger partial charge in [0.1, 0.15) is 5.82 Å². The monoisotopic (exact) mass is 353 g/mol. The summed E-state index contributed by atoms with van der Waals surface area (Å²) in [7, 11) is 0. The number of nitrogens with one attached hydrogen (secondary N) is 1. The van der Waals surface area contributed by atoms with Crippen molar-refractivity contribution in [2.75, 3.05) is 11.9 Å². The Balaban J connectivity index is 2.08. The molecule has 6 heteroatoms. The van der Waals surface area contributed by atoms with Crippen LogP contribution in [0.5, 0.6) is 0 Å². The van der Waals surface area contributed by atoms with Crippen molar-refractivity contribution in [3.8, 4) is 0 Å². The molecular formula is C20H20FN3O2. The molecule has 0 fully saturated rings. The summed E-state index contributed by atoms with van der Waals surface area (Å²) in [5, 5.41) is 3.04. The van der Waals surface area contributed by atoms with Crippen molar-refractivity contribution in [1.29, 1.82) is 0 Å². The first kappa shape index (κ1) is 17.8. The number of hydrogen-bond acceptors (Lipinski definition) is 5. The van der Waals surface area contributed by atoms with Gasteiger partial charge in [0.15, 0.2) is 11.5 Å². The van der Waals surface area contributed by atoms with Crippen molar-refractivity contribution in [3.05, 3.63) is 59.0 Å². The molecule has 3 aromatic rings. The molecule has 2 aromatic carbocycles. The number of benzene rings is 2. The number of aromatic nitrogens is 2. The highest BCUT2D eigenvalue weighted by atomic mass is 19.1. The van der Waals surface area contributed by atoms with Crippen LogP contribution in [0.3, 0.4) is 0 Å². The van der Waals surface area contributed by atoms with E-state index in [0.717, 1.165) is 11.1 Å². The summed E-state index contributed by atoms with van der Waals surface area (Å²) >= 11 is 0. The van der Waals surface area contributed by atoms with Crippen LogP contribution >= 0.6 is 0 Å². The summed E-state index contributed by atoms with van der Waals surface area (Å²) in [6, 6.07) is 9.63. The van der Waals surface area contributed by atoms with Crippen molar-refractivity contribution in [2.24, 2.45) is 0 Å². The SMILES string of the molecule is CCCOC(=O)c1nc2cc(C)c(C)cc2nc1Nc1ccc(F)cc1. The van der Waals surface area contributed by atoms with Gasteiger partial charge in [-0.15, -0.1) is 0 Å². The van der Waals surface area contributed by atoms with Crippen LogP contribution in [-0.2, 0) is 4.74 Å². The summed E-state index contributed by atoms with van der Waals surface area (Å²) in [5.41, 5.74) is 4.16. The molecule has 0 aliphatic rings. The minimum atomic E-state index is -0.538. The molecule has 1 heterocycles. The van der Waals surface area contributed by atoms with Gasteiger partial charge in [-0.1, -0.05) is 6.92 Å². The van der Waals surface area contributed by atoms with Crippen LogP contribution in [0.2, 0.25) is 0 Å². The third-order valence-electron chi connectivity index (χ3n) is 4.02. The average molecular weight is 353 g/mol. The predicted molar refractivity (Wildman–Crippen MR) is 99.3 cm³/mol. The number of esters is 1. The van der Waals surface area contributed by atoms with Crippen LogP contribution in [0.4, 0.5) is 15.9 Å². The number of anilines is 2. The Morgan fingerprint density at radius 2 is 1.69 bits per heavy atom. The van der Waals surface area contributed by atoms with Gasteiger partial charge in [0, 0.05) is 5.69 Å². The fourth-order valence-corrected chi connectivity index (χ4v) is 2.47. The van der Waals surface area contributed by atoms with E-state index in [1.54, 1.807) is 12.1 Å². The van der Waals surface area contributed by atoms with E-state index in [1.807, 2.05) is 32.9 Å². The number of hydrogen-bond donors (Lipinski definition) is 1. The molecule has 0 atom stereocenters. The zero-order valence-electron chi connectivity index (χ0n) is 15.0. The van der Waals surface area contributed by atoms with E-state index >= 15 is 0 Å². The quantitative estimate of drug-likeness (QED) is 0.674. The summed E-state index contributed by atoms with van der Waals surface area (Å²) in [4.78, 5) is 21.5. The molecule has 0 bridgehead atoms. The molecule has 0 amide bonds. The highest BCUT2D eigenvalue weighted by Gasteiger charge is 2.18. The zero-order chi connectivity index (χ0) is 18.7. The highest BCUT2D eigenvalue weighted by Crippen LogP contribution is 2.24. The Kier molecular flexibility index (Phi) is 5.11. The largest absolute Gasteiger partial charge is 0.461 e. The minimum Gasteiger partial charge on any atom is -0.461 e. The van der Waals surface area contributed by atoms with Crippen LogP contribution < -0.4 is 5.32 Å². The third kappa shape index (κ3) is 3.79. The Morgan fingerprint density at radius 1 is 1.08 bits per heavy atom. The smallest absolute Gasteiger partial charge is 0.360 e. The van der Waals surface area contributed by atoms with Crippen molar-refractivity contribution in [2.45, 2.75) is 27.2 Å². The van der Waals surface area contributed by atoms with E-state index in [1.165, 1.54) is 12.1 Å². The fraction of sp³-hybridized carbons (Fsp3) is 0.250. The number of nitrogens with zero attached hydrogens (tertiary/aromatic N) is 2. The second-order valence-corrected chi connectivity index (χ2v) is 6.11. The summed E-state index contributed by atoms with van der Waals surface area (Å²) < 4.78 is 18.4. The molecule has 134 valence electrons. The van der Waals surface area contributed by atoms with Crippen molar-refractivity contribution < 1.29 is 13.9 Å². The average Bonchev–Trinajstić information content (AvgIpc) is 2.62. The van der Waals surface area contributed by atoms with Gasteiger partial charge in [0.05, 0.1) is 17.6 Å². The van der Waals surface area contributed by atoms with Crippen LogP contribution in [0, 0.1) is 19.7 Å². The fourth-order valence-electron chi connectivity index (χ4n) is 2.47. The van der Waals surface area contributed by atoms with Gasteiger partial charge in [-0.3, -0.25) is 0 Å². The van der Waals surface area contributed by atoms with Crippen LogP contribution in [0.25, 0.3) is 11.0 Å². The second kappa shape index (κ2) is 7.47. The number of fused-ring (bicyclic) bond motifs is 1. The number of carbonyl (C=O) groups excluding carboxylic acids is 1. The summed E-state index contributed by atoms with van der Waals surface area (Å²) in [6.07, 6.45) is 0.714. The molecule has 1 N–H and O–H groups in total. The first-order valence-electron chi connectivity index (χ1n) is 8.46. The zero-order valence-corrected chi connectivity index (χ0v) is 15.0. The molecular weight excluding hydrogens is 333 g/mol. The lowest BCUT2D eigenvalue weighted by Crippen LogP contribution is -2.13. The van der Waals surface area contributed by atoms with Crippen molar-refractivity contribution >= 4 is 28.5 Å². The van der Waals surface area contributed by atoms with Gasteiger partial charge >= 0.3 is 5.97 Å². The standard InChI is InChI=1S/C20H20FN3O2/c1-4-9-26-20(25)18-19(22-15-7-5-14(21)6-8-15)24-17-11-13(3)12(2)10-16(17)23-18/h5-8,10-11H,4,9H2,1-3H3,(H,22,24). The van der Waals surface area contributed by atoms with E-state index in [-0.39, 0.29) is 17.3 Å². The van der Waals surface area contributed by atoms with Crippen LogP contribution in [-0.4, -0.2) is 22.5 Å². The van der Waals surface area contributed by atoms with E-state index in [2.05, 4.69) is 15.3 Å². The lowest BCUT2D eigenvalue weighted by atomic mass is 10.1. The molecule has 26 heavy (non-hydrogen) atoms. The Morgan fingerprint density at radius 3 is 2.31 bits per heavy atom. The van der Waals surface area contributed by atoms with Crippen LogP contribution in [0.1, 0.15) is 35.0 Å². The first-order chi connectivity index (χ1) is 12.5. The third-order valence-corrected chi connectivity index (χ3v) is 4.02. The summed E-state index contributed by atoms with van der Waals surface area (Å²) in [5.74, 6) is -0.591. The molecule has 0 radical (unpaired) electrons. The molecule has 0 saturated carbocycles. The normalized spacial score (nSPS) is 10.8. The van der Waals surface area contributed by atoms with Gasteiger partial charge in [-0.05, 0) is 67.8 Å². The van der Waals surface area contributed by atoms with Gasteiger partial charge in [-0.2, -0.15) is 0 Å². The molecule has 5 nitrogen and oxygen atoms in total. The molecule has 0 unspecified atom stereocenters. The molecule has 0 aliphatic carbocycles. The van der Waals surface area contributed by atoms with E-state index in [4.69, 9.17) is 4.74 Å². The van der Waals surface area contributed by atoms with E-state index in [9.17, 15) is 9.18 Å². The minimum absolute atomic E-state index is 0.110. The first-order valence-corrected chi connectivity index (χ1v) is 8.46. The van der Waals surface area contributed by atoms with Gasteiger partial charge in [0.2, 0.25) is 0 Å². The Labute approximate surface area is 151 Å². The molecule has 0 spiro atoms. The number of rotatable bonds is 5. The number of aryl methyl sites for hydroxylation is 2. The molecule has 3 rings (SSSR count). The van der Waals surface area contributed by atoms with Gasteiger partial charge in [-0.25, -0.2) is 19.2 Å². The molecule has 0 aliphatic heterocycles. The van der Waals surface area contributed by atoms with E-state index < -0.39 is 5.97 Å². The maximum atomic E-state index is 13.1. The number of halogens is 1. The van der Waals surface area contributed by atoms with E-state index in [0.29, 0.717) is 29.7 Å². The Bertz CT molecular complexity index is 955. The van der Waals surface area contributed by atoms with Gasteiger partial charge in [0.25, 0.3) is 0 Å². The maximum Gasteiger partial charge on any atom is 0.360 e. The van der Waals surface area contributed by atoms with Gasteiger partial charge < -0.3 is 10.1 Å². The maximum absolute atomic E-state index is 13.1. The number of carbonyl (C=O) groups is 1. The van der Waals surface area contributed by atoms with Crippen molar-refractivity contribution in [1.82, 2.24) is 9.97 Å². The topological polar surface area (TPSA) is 64.1 Å². The second-order valence-electron chi connectivity index (χ2n) is 6.11. The molecule has 0 saturated heterocycles. The predicted octanol–water partition coefficient (Wildman–Crippen LogP) is 4.70. The highest BCUT2D eigenvalue weighted by molar-refractivity contribution is 5.96. The number of ether oxygens (including phenoxy) is 1. The molecule has 1 aromatic heterocycles. The lowest BCUT2D eigenvalue weighted by Gasteiger charge is -2.12. The lowest BCUT2D eigenvalue weighted by molar-refractivity contribution is 0.0499.